The van der Waals surface area contributed by atoms with Crippen molar-refractivity contribution in [2.75, 3.05) is 13.1 Å². The number of hydrogen-bond donors (Lipinski definition) is 1. The van der Waals surface area contributed by atoms with Crippen molar-refractivity contribution in [2.24, 2.45) is 7.05 Å². The van der Waals surface area contributed by atoms with Crippen LogP contribution in [0.25, 0.3) is 16.6 Å². The standard InChI is InChI=1S/C24H25N5O2/c1-27-24(31)29(19-9-3-2-4-10-19)23(26-27)17-8-7-13-28(16-17)22(30)14-18-15-25-21-12-6-5-11-20(18)21/h2-6,9-12,15,17,25H,7-8,13-14,16H2,1H3. The number of likely N-dealkylation sites (tertiary alicyclic amines) is 1. The lowest BCUT2D eigenvalue weighted by Gasteiger charge is -2.32. The average Bonchev–Trinajstić information content (AvgIpc) is 3.35. The van der Waals surface area contributed by atoms with Crippen molar-refractivity contribution in [2.45, 2.75) is 25.2 Å². The Bertz CT molecular complexity index is 1280. The first-order chi connectivity index (χ1) is 15.1. The fourth-order valence-corrected chi connectivity index (χ4v) is 4.53. The van der Waals surface area contributed by atoms with Crippen molar-refractivity contribution < 1.29 is 4.79 Å². The van der Waals surface area contributed by atoms with E-state index in [1.807, 2.05) is 65.7 Å². The summed E-state index contributed by atoms with van der Waals surface area (Å²) >= 11 is 0. The molecule has 1 N–H and O–H groups in total. The molecule has 0 aliphatic carbocycles. The van der Waals surface area contributed by atoms with Crippen LogP contribution in [0.15, 0.2) is 65.6 Å². The summed E-state index contributed by atoms with van der Waals surface area (Å²) in [7, 11) is 1.67. The van der Waals surface area contributed by atoms with E-state index in [4.69, 9.17) is 0 Å². The lowest BCUT2D eigenvalue weighted by Crippen LogP contribution is -2.40. The molecule has 1 fully saturated rings. The molecule has 1 aliphatic rings. The molecule has 7 nitrogen and oxygen atoms in total. The van der Waals surface area contributed by atoms with E-state index in [-0.39, 0.29) is 17.5 Å². The molecule has 1 saturated heterocycles. The average molecular weight is 415 g/mol. The van der Waals surface area contributed by atoms with Crippen molar-refractivity contribution in [1.29, 1.82) is 0 Å². The number of piperidine rings is 1. The summed E-state index contributed by atoms with van der Waals surface area (Å²) in [6.45, 7) is 1.31. The predicted octanol–water partition coefficient (Wildman–Crippen LogP) is 3.00. The molecular weight excluding hydrogens is 390 g/mol. The predicted molar refractivity (Wildman–Crippen MR) is 119 cm³/mol. The van der Waals surface area contributed by atoms with E-state index in [2.05, 4.69) is 10.1 Å². The topological polar surface area (TPSA) is 75.9 Å². The number of amides is 1. The van der Waals surface area contributed by atoms with E-state index >= 15 is 0 Å². The smallest absolute Gasteiger partial charge is 0.350 e. The van der Waals surface area contributed by atoms with Gasteiger partial charge in [-0.15, -0.1) is 0 Å². The number of aryl methyl sites for hydroxylation is 1. The molecule has 2 aromatic carbocycles. The van der Waals surface area contributed by atoms with Gasteiger partial charge in [0.05, 0.1) is 12.1 Å². The largest absolute Gasteiger partial charge is 0.361 e. The molecule has 0 radical (unpaired) electrons. The number of carbonyl (C=O) groups excluding carboxylic acids is 1. The minimum atomic E-state index is -0.163. The van der Waals surface area contributed by atoms with E-state index in [0.29, 0.717) is 13.0 Å². The number of nitrogens with one attached hydrogen (secondary N) is 1. The maximum absolute atomic E-state index is 13.1. The van der Waals surface area contributed by atoms with Gasteiger partial charge in [-0.2, -0.15) is 5.10 Å². The van der Waals surface area contributed by atoms with Crippen LogP contribution in [-0.4, -0.2) is 43.2 Å². The Hall–Kier alpha value is -3.61. The van der Waals surface area contributed by atoms with Gasteiger partial charge in [-0.1, -0.05) is 36.4 Å². The summed E-state index contributed by atoms with van der Waals surface area (Å²) in [5.74, 6) is 0.858. The van der Waals surface area contributed by atoms with Crippen LogP contribution in [0.3, 0.4) is 0 Å². The number of H-pyrrole nitrogens is 1. The van der Waals surface area contributed by atoms with Crippen molar-refractivity contribution in [1.82, 2.24) is 24.2 Å². The SMILES string of the molecule is Cn1nc(C2CCCN(C(=O)Cc3c[nH]c4ccccc34)C2)n(-c2ccccc2)c1=O. The van der Waals surface area contributed by atoms with Crippen LogP contribution in [0.2, 0.25) is 0 Å². The number of hydrogen-bond acceptors (Lipinski definition) is 3. The number of fused-ring (bicyclic) bond motifs is 1. The Morgan fingerprint density at radius 3 is 2.74 bits per heavy atom. The molecule has 1 aliphatic heterocycles. The summed E-state index contributed by atoms with van der Waals surface area (Å²) in [5, 5.41) is 5.63. The molecule has 158 valence electrons. The first-order valence-corrected chi connectivity index (χ1v) is 10.7. The zero-order valence-electron chi connectivity index (χ0n) is 17.5. The second-order valence-corrected chi connectivity index (χ2v) is 8.15. The number of rotatable bonds is 4. The second-order valence-electron chi connectivity index (χ2n) is 8.15. The lowest BCUT2D eigenvalue weighted by molar-refractivity contribution is -0.131. The van der Waals surface area contributed by atoms with Gasteiger partial charge in [-0.05, 0) is 36.6 Å². The normalized spacial score (nSPS) is 16.7. The van der Waals surface area contributed by atoms with Crippen LogP contribution in [0.1, 0.15) is 30.1 Å². The molecule has 1 unspecified atom stereocenters. The zero-order chi connectivity index (χ0) is 21.4. The van der Waals surface area contributed by atoms with Crippen molar-refractivity contribution in [3.63, 3.8) is 0 Å². The molecule has 7 heteroatoms. The Labute approximate surface area is 179 Å². The highest BCUT2D eigenvalue weighted by Crippen LogP contribution is 2.27. The number of carbonyl (C=O) groups is 1. The summed E-state index contributed by atoms with van der Waals surface area (Å²) in [4.78, 5) is 31.1. The highest BCUT2D eigenvalue weighted by atomic mass is 16.2. The van der Waals surface area contributed by atoms with E-state index in [1.165, 1.54) is 4.68 Å². The highest BCUT2D eigenvalue weighted by molar-refractivity contribution is 5.88. The first-order valence-electron chi connectivity index (χ1n) is 10.7. The number of aromatic amines is 1. The maximum Gasteiger partial charge on any atom is 0.350 e. The van der Waals surface area contributed by atoms with Gasteiger partial charge in [-0.3, -0.25) is 4.79 Å². The maximum atomic E-state index is 13.1. The van der Waals surface area contributed by atoms with Gasteiger partial charge in [0.1, 0.15) is 5.82 Å². The van der Waals surface area contributed by atoms with Gasteiger partial charge in [0.25, 0.3) is 0 Å². The fraction of sp³-hybridized carbons (Fsp3) is 0.292. The third-order valence-electron chi connectivity index (χ3n) is 6.12. The van der Waals surface area contributed by atoms with E-state index in [1.54, 1.807) is 11.6 Å². The molecule has 1 atom stereocenters. The van der Waals surface area contributed by atoms with Gasteiger partial charge < -0.3 is 9.88 Å². The molecule has 5 rings (SSSR count). The third-order valence-corrected chi connectivity index (χ3v) is 6.12. The number of benzene rings is 2. The third kappa shape index (κ3) is 3.56. The van der Waals surface area contributed by atoms with Gasteiger partial charge in [-0.25, -0.2) is 14.0 Å². The molecule has 31 heavy (non-hydrogen) atoms. The summed E-state index contributed by atoms with van der Waals surface area (Å²) in [5.41, 5.74) is 2.70. The molecule has 1 amide bonds. The minimum Gasteiger partial charge on any atom is -0.361 e. The van der Waals surface area contributed by atoms with Crippen LogP contribution in [0.4, 0.5) is 0 Å². The molecule has 0 bridgehead atoms. The van der Waals surface area contributed by atoms with Crippen LogP contribution >= 0.6 is 0 Å². The second kappa shape index (κ2) is 7.91. The first kappa shape index (κ1) is 19.4. The Morgan fingerprint density at radius 1 is 1.13 bits per heavy atom. The van der Waals surface area contributed by atoms with Gasteiger partial charge in [0.15, 0.2) is 0 Å². The molecule has 4 aromatic rings. The molecule has 2 aromatic heterocycles. The number of aromatic nitrogens is 4. The number of para-hydroxylation sites is 2. The highest BCUT2D eigenvalue weighted by Gasteiger charge is 2.30. The molecule has 3 heterocycles. The summed E-state index contributed by atoms with van der Waals surface area (Å²) < 4.78 is 3.06. The molecule has 0 saturated carbocycles. The quantitative estimate of drug-likeness (QED) is 0.557. The van der Waals surface area contributed by atoms with Crippen LogP contribution < -0.4 is 5.69 Å². The Morgan fingerprint density at radius 2 is 1.90 bits per heavy atom. The summed E-state index contributed by atoms with van der Waals surface area (Å²) in [6, 6.07) is 17.6. The monoisotopic (exact) mass is 415 g/mol. The van der Waals surface area contributed by atoms with Crippen molar-refractivity contribution in [3.05, 3.63) is 82.7 Å². The van der Waals surface area contributed by atoms with Gasteiger partial charge in [0.2, 0.25) is 5.91 Å². The van der Waals surface area contributed by atoms with Gasteiger partial charge >= 0.3 is 5.69 Å². The van der Waals surface area contributed by atoms with E-state index in [0.717, 1.165) is 47.4 Å². The number of nitrogens with zero attached hydrogens (tertiary/aromatic N) is 4. The van der Waals surface area contributed by atoms with Gasteiger partial charge in [0, 0.05) is 43.2 Å². The Balaban J connectivity index is 1.39. The van der Waals surface area contributed by atoms with E-state index < -0.39 is 0 Å². The fourth-order valence-electron chi connectivity index (χ4n) is 4.53. The Kier molecular flexibility index (Phi) is 4.94. The lowest BCUT2D eigenvalue weighted by atomic mass is 9.96. The van der Waals surface area contributed by atoms with E-state index in [9.17, 15) is 9.59 Å². The van der Waals surface area contributed by atoms with Crippen LogP contribution in [0.5, 0.6) is 0 Å². The summed E-state index contributed by atoms with van der Waals surface area (Å²) in [6.07, 6.45) is 4.09. The van der Waals surface area contributed by atoms with Crippen molar-refractivity contribution in [3.8, 4) is 5.69 Å². The van der Waals surface area contributed by atoms with Crippen molar-refractivity contribution >= 4 is 16.8 Å². The van der Waals surface area contributed by atoms with Crippen LogP contribution in [0, 0.1) is 0 Å². The molecular formula is C24H25N5O2. The minimum absolute atomic E-state index is 0.0229. The van der Waals surface area contributed by atoms with Crippen LogP contribution in [-0.2, 0) is 18.3 Å². The zero-order valence-corrected chi connectivity index (χ0v) is 17.5. The molecule has 0 spiro atoms.